The first-order valence-corrected chi connectivity index (χ1v) is 5.70. The Labute approximate surface area is 108 Å². The Morgan fingerprint density at radius 2 is 1.89 bits per heavy atom. The molecule has 18 heavy (non-hydrogen) atoms. The molecule has 3 aromatic rings. The maximum Gasteiger partial charge on any atom is 0.171 e. The Bertz CT molecular complexity index is 735. The van der Waals surface area contributed by atoms with Crippen LogP contribution < -0.4 is 0 Å². The number of hydrogen-bond acceptors (Lipinski definition) is 5. The molecule has 0 N–H and O–H groups in total. The van der Waals surface area contributed by atoms with Gasteiger partial charge in [0.15, 0.2) is 11.5 Å². The molecule has 0 unspecified atom stereocenters. The molecule has 0 aliphatic rings. The Morgan fingerprint density at radius 1 is 1.06 bits per heavy atom. The van der Waals surface area contributed by atoms with Crippen molar-refractivity contribution in [3.05, 3.63) is 35.0 Å². The molecule has 0 saturated carbocycles. The number of aryl methyl sites for hydroxylation is 2. The minimum Gasteiger partial charge on any atom is -0.265 e. The summed E-state index contributed by atoms with van der Waals surface area (Å²) < 4.78 is 1.77. The molecular formula is C11H9ClN6. The standard InChI is InChI=1S/C11H9ClN6/c1-6-3-8(7(2)15-14-6)11-17-16-10-4-9(12)13-5-18(10)11/h3-5H,1-2H3. The SMILES string of the molecule is Cc1cc(-c2nnc3cc(Cl)ncn23)c(C)nn1. The van der Waals surface area contributed by atoms with E-state index in [-0.39, 0.29) is 0 Å². The Morgan fingerprint density at radius 3 is 2.72 bits per heavy atom. The van der Waals surface area contributed by atoms with Crippen LogP contribution >= 0.6 is 11.6 Å². The normalized spacial score (nSPS) is 11.1. The molecule has 7 heteroatoms. The third-order valence-electron chi connectivity index (χ3n) is 2.61. The highest BCUT2D eigenvalue weighted by Crippen LogP contribution is 2.21. The van der Waals surface area contributed by atoms with Gasteiger partial charge in [0.05, 0.1) is 11.4 Å². The van der Waals surface area contributed by atoms with Crippen molar-refractivity contribution in [3.8, 4) is 11.4 Å². The first-order valence-electron chi connectivity index (χ1n) is 5.33. The second-order valence-corrected chi connectivity index (χ2v) is 4.34. The summed E-state index contributed by atoms with van der Waals surface area (Å²) in [5.74, 6) is 0.685. The van der Waals surface area contributed by atoms with Crippen molar-refractivity contribution >= 4 is 17.2 Å². The molecule has 0 amide bonds. The van der Waals surface area contributed by atoms with E-state index in [4.69, 9.17) is 11.6 Å². The Kier molecular flexibility index (Phi) is 2.45. The van der Waals surface area contributed by atoms with Gasteiger partial charge in [-0.3, -0.25) is 4.40 Å². The van der Waals surface area contributed by atoms with Gasteiger partial charge < -0.3 is 0 Å². The maximum atomic E-state index is 5.82. The van der Waals surface area contributed by atoms with Crippen molar-refractivity contribution in [2.24, 2.45) is 0 Å². The fourth-order valence-corrected chi connectivity index (χ4v) is 1.87. The van der Waals surface area contributed by atoms with Gasteiger partial charge in [-0.05, 0) is 19.9 Å². The highest BCUT2D eigenvalue weighted by molar-refractivity contribution is 6.29. The fourth-order valence-electron chi connectivity index (χ4n) is 1.73. The molecule has 0 atom stereocenters. The van der Waals surface area contributed by atoms with Gasteiger partial charge in [0, 0.05) is 11.6 Å². The molecule has 0 aliphatic carbocycles. The summed E-state index contributed by atoms with van der Waals surface area (Å²) in [4.78, 5) is 4.03. The smallest absolute Gasteiger partial charge is 0.171 e. The van der Waals surface area contributed by atoms with Crippen molar-refractivity contribution in [2.75, 3.05) is 0 Å². The summed E-state index contributed by atoms with van der Waals surface area (Å²) in [5.41, 5.74) is 3.16. The summed E-state index contributed by atoms with van der Waals surface area (Å²) in [6.45, 7) is 3.76. The van der Waals surface area contributed by atoms with Gasteiger partial charge in [0.1, 0.15) is 11.5 Å². The molecule has 90 valence electrons. The second kappa shape index (κ2) is 3.99. The molecule has 6 nitrogen and oxygen atoms in total. The van der Waals surface area contributed by atoms with E-state index in [0.29, 0.717) is 16.6 Å². The van der Waals surface area contributed by atoms with Gasteiger partial charge in [-0.15, -0.1) is 10.2 Å². The summed E-state index contributed by atoms with van der Waals surface area (Å²) in [5, 5.41) is 16.7. The molecule has 0 fully saturated rings. The number of hydrogen-bond donors (Lipinski definition) is 0. The van der Waals surface area contributed by atoms with Crippen molar-refractivity contribution < 1.29 is 0 Å². The van der Waals surface area contributed by atoms with Crippen LogP contribution in [0.15, 0.2) is 18.5 Å². The van der Waals surface area contributed by atoms with Crippen LogP contribution in [0.4, 0.5) is 0 Å². The van der Waals surface area contributed by atoms with Gasteiger partial charge in [0.25, 0.3) is 0 Å². The van der Waals surface area contributed by atoms with Gasteiger partial charge >= 0.3 is 0 Å². The lowest BCUT2D eigenvalue weighted by Gasteiger charge is -2.03. The fraction of sp³-hybridized carbons (Fsp3) is 0.182. The van der Waals surface area contributed by atoms with E-state index in [0.717, 1.165) is 17.0 Å². The average molecular weight is 261 g/mol. The number of nitrogens with zero attached hydrogens (tertiary/aromatic N) is 6. The van der Waals surface area contributed by atoms with Crippen molar-refractivity contribution in [3.63, 3.8) is 0 Å². The predicted molar refractivity (Wildman–Crippen MR) is 66.3 cm³/mol. The van der Waals surface area contributed by atoms with E-state index < -0.39 is 0 Å². The summed E-state index contributed by atoms with van der Waals surface area (Å²) in [7, 11) is 0. The van der Waals surface area contributed by atoms with Crippen LogP contribution in [0, 0.1) is 13.8 Å². The highest BCUT2D eigenvalue weighted by Gasteiger charge is 2.12. The van der Waals surface area contributed by atoms with Crippen LogP contribution in [0.25, 0.3) is 17.0 Å². The maximum absolute atomic E-state index is 5.82. The van der Waals surface area contributed by atoms with Gasteiger partial charge in [0.2, 0.25) is 0 Å². The molecular weight excluding hydrogens is 252 g/mol. The summed E-state index contributed by atoms with van der Waals surface area (Å²) in [6, 6.07) is 3.59. The highest BCUT2D eigenvalue weighted by atomic mass is 35.5. The van der Waals surface area contributed by atoms with Crippen molar-refractivity contribution in [2.45, 2.75) is 13.8 Å². The number of fused-ring (bicyclic) bond motifs is 1. The Balaban J connectivity index is 2.28. The molecule has 3 heterocycles. The van der Waals surface area contributed by atoms with E-state index >= 15 is 0 Å². The zero-order chi connectivity index (χ0) is 12.7. The zero-order valence-corrected chi connectivity index (χ0v) is 10.5. The molecule has 3 rings (SSSR count). The third-order valence-corrected chi connectivity index (χ3v) is 2.82. The molecule has 0 spiro atoms. The largest absolute Gasteiger partial charge is 0.265 e. The van der Waals surface area contributed by atoms with Crippen LogP contribution in [-0.2, 0) is 0 Å². The molecule has 0 bridgehead atoms. The minimum atomic E-state index is 0.391. The van der Waals surface area contributed by atoms with E-state index in [1.165, 1.54) is 0 Å². The quantitative estimate of drug-likeness (QED) is 0.625. The lowest BCUT2D eigenvalue weighted by Crippen LogP contribution is -1.98. The molecule has 0 saturated heterocycles. The second-order valence-electron chi connectivity index (χ2n) is 3.95. The first-order chi connectivity index (χ1) is 8.65. The van der Waals surface area contributed by atoms with E-state index in [9.17, 15) is 0 Å². The lowest BCUT2D eigenvalue weighted by molar-refractivity contribution is 0.934. The van der Waals surface area contributed by atoms with Gasteiger partial charge in [-0.2, -0.15) is 10.2 Å². The average Bonchev–Trinajstić information content (AvgIpc) is 2.75. The molecule has 0 aromatic carbocycles. The summed E-state index contributed by atoms with van der Waals surface area (Å²) in [6.07, 6.45) is 1.60. The molecule has 0 aliphatic heterocycles. The zero-order valence-electron chi connectivity index (χ0n) is 9.79. The van der Waals surface area contributed by atoms with E-state index in [1.54, 1.807) is 16.8 Å². The monoisotopic (exact) mass is 260 g/mol. The Hall–Kier alpha value is -2.08. The number of halogens is 1. The predicted octanol–water partition coefficient (Wildman–Crippen LogP) is 1.85. The van der Waals surface area contributed by atoms with Gasteiger partial charge in [-0.25, -0.2) is 4.98 Å². The third kappa shape index (κ3) is 1.70. The van der Waals surface area contributed by atoms with Crippen LogP contribution in [-0.4, -0.2) is 29.8 Å². The van der Waals surface area contributed by atoms with Gasteiger partial charge in [-0.1, -0.05) is 11.6 Å². The molecule has 0 radical (unpaired) electrons. The van der Waals surface area contributed by atoms with Crippen LogP contribution in [0.1, 0.15) is 11.4 Å². The summed E-state index contributed by atoms with van der Waals surface area (Å²) >= 11 is 5.82. The van der Waals surface area contributed by atoms with Crippen molar-refractivity contribution in [1.82, 2.24) is 29.8 Å². The van der Waals surface area contributed by atoms with E-state index in [1.807, 2.05) is 19.9 Å². The number of rotatable bonds is 1. The first kappa shape index (κ1) is 11.0. The lowest BCUT2D eigenvalue weighted by atomic mass is 10.2. The van der Waals surface area contributed by atoms with Crippen molar-refractivity contribution in [1.29, 1.82) is 0 Å². The van der Waals surface area contributed by atoms with E-state index in [2.05, 4.69) is 25.4 Å². The van der Waals surface area contributed by atoms with Crippen LogP contribution in [0.3, 0.4) is 0 Å². The molecule has 3 aromatic heterocycles. The number of aromatic nitrogens is 6. The minimum absolute atomic E-state index is 0.391. The van der Waals surface area contributed by atoms with Crippen LogP contribution in [0.2, 0.25) is 5.15 Å². The van der Waals surface area contributed by atoms with Crippen LogP contribution in [0.5, 0.6) is 0 Å². The topological polar surface area (TPSA) is 68.9 Å².